The number of hydrogen-bond donors (Lipinski definition) is 0. The molecule has 0 fully saturated rings. The predicted octanol–water partition coefficient (Wildman–Crippen LogP) is 3.52. The van der Waals surface area contributed by atoms with Gasteiger partial charge >= 0.3 is 6.18 Å². The number of benzene rings is 1. The van der Waals surface area contributed by atoms with Crippen LogP contribution < -0.4 is 0 Å². The van der Waals surface area contributed by atoms with Gasteiger partial charge in [0.1, 0.15) is 10.1 Å². The van der Waals surface area contributed by atoms with Crippen LogP contribution in [0.5, 0.6) is 0 Å². The van der Waals surface area contributed by atoms with Gasteiger partial charge in [0.05, 0.1) is 10.5 Å². The van der Waals surface area contributed by atoms with E-state index in [0.29, 0.717) is 0 Å². The summed E-state index contributed by atoms with van der Waals surface area (Å²) in [7, 11) is -4.96. The molecule has 0 aliphatic heterocycles. The second-order valence-electron chi connectivity index (χ2n) is 5.77. The van der Waals surface area contributed by atoms with Crippen molar-refractivity contribution in [3.63, 3.8) is 0 Å². The fraction of sp³-hybridized carbons (Fsp3) is 0.538. The molecular weight excluding hydrogens is 293 g/mol. The summed E-state index contributed by atoms with van der Waals surface area (Å²) in [4.78, 5) is -0.780. The number of aryl methyl sites for hydroxylation is 1. The quantitative estimate of drug-likeness (QED) is 0.746. The van der Waals surface area contributed by atoms with Crippen LogP contribution in [0.1, 0.15) is 43.0 Å². The zero-order chi connectivity index (χ0) is 16.1. The standard InChI is InChI=1S/C13H17F3O3S/c1-7-6-9(12(3,4)5)10(13(14,15)16)8(2)11(7)20(17,18)19/h6H,1-5H3,(H,17,18,19)/p-1. The van der Waals surface area contributed by atoms with Gasteiger partial charge in [-0.1, -0.05) is 26.8 Å². The molecule has 0 saturated heterocycles. The molecule has 0 atom stereocenters. The van der Waals surface area contributed by atoms with Gasteiger partial charge in [0.2, 0.25) is 0 Å². The maximum Gasteiger partial charge on any atom is 0.416 e. The predicted molar refractivity (Wildman–Crippen MR) is 67.6 cm³/mol. The third-order valence-electron chi connectivity index (χ3n) is 3.05. The maximum atomic E-state index is 13.2. The molecule has 7 heteroatoms. The van der Waals surface area contributed by atoms with Crippen LogP contribution in [0, 0.1) is 13.8 Å². The van der Waals surface area contributed by atoms with Crippen LogP contribution in [0.3, 0.4) is 0 Å². The van der Waals surface area contributed by atoms with Crippen molar-refractivity contribution in [1.29, 1.82) is 0 Å². The first kappa shape index (κ1) is 17.0. The Morgan fingerprint density at radius 2 is 1.55 bits per heavy atom. The molecule has 0 saturated carbocycles. The van der Waals surface area contributed by atoms with Crippen molar-refractivity contribution in [3.8, 4) is 0 Å². The van der Waals surface area contributed by atoms with E-state index < -0.39 is 37.7 Å². The molecule has 0 aliphatic rings. The molecular formula is C13H16F3O3S-. The third kappa shape index (κ3) is 3.15. The fourth-order valence-electron chi connectivity index (χ4n) is 2.31. The monoisotopic (exact) mass is 309 g/mol. The average Bonchev–Trinajstić information content (AvgIpc) is 2.09. The minimum absolute atomic E-state index is 0.0209. The van der Waals surface area contributed by atoms with Crippen molar-refractivity contribution in [2.24, 2.45) is 0 Å². The van der Waals surface area contributed by atoms with Crippen LogP contribution in [-0.2, 0) is 21.7 Å². The Balaban J connectivity index is 3.97. The summed E-state index contributed by atoms with van der Waals surface area (Å²) >= 11 is 0. The maximum absolute atomic E-state index is 13.2. The molecule has 0 radical (unpaired) electrons. The molecule has 0 aliphatic carbocycles. The number of alkyl halides is 3. The van der Waals surface area contributed by atoms with E-state index in [1.54, 1.807) is 20.8 Å². The van der Waals surface area contributed by atoms with Gasteiger partial charge in [-0.3, -0.25) is 0 Å². The van der Waals surface area contributed by atoms with Gasteiger partial charge < -0.3 is 4.55 Å². The Morgan fingerprint density at radius 1 is 1.10 bits per heavy atom. The van der Waals surface area contributed by atoms with Gasteiger partial charge in [0, 0.05) is 0 Å². The van der Waals surface area contributed by atoms with Crippen molar-refractivity contribution in [1.82, 2.24) is 0 Å². The first-order chi connectivity index (χ1) is 8.67. The number of halogens is 3. The number of rotatable bonds is 1. The summed E-state index contributed by atoms with van der Waals surface area (Å²) in [6.07, 6.45) is -4.72. The second-order valence-corrected chi connectivity index (χ2v) is 7.09. The van der Waals surface area contributed by atoms with E-state index in [1.165, 1.54) is 6.92 Å². The fourth-order valence-corrected chi connectivity index (χ4v) is 3.24. The summed E-state index contributed by atoms with van der Waals surface area (Å²) in [5, 5.41) is 0. The van der Waals surface area contributed by atoms with Crippen LogP contribution in [-0.4, -0.2) is 13.0 Å². The lowest BCUT2D eigenvalue weighted by Gasteiger charge is -2.28. The van der Waals surface area contributed by atoms with E-state index in [0.717, 1.165) is 13.0 Å². The van der Waals surface area contributed by atoms with E-state index in [9.17, 15) is 26.1 Å². The highest BCUT2D eigenvalue weighted by molar-refractivity contribution is 7.85. The summed E-state index contributed by atoms with van der Waals surface area (Å²) in [5.74, 6) is 0. The highest BCUT2D eigenvalue weighted by atomic mass is 32.2. The molecule has 1 aromatic carbocycles. The van der Waals surface area contributed by atoms with Gasteiger partial charge in [-0.25, -0.2) is 8.42 Å². The van der Waals surface area contributed by atoms with Gasteiger partial charge in [-0.05, 0) is 36.0 Å². The summed E-state index contributed by atoms with van der Waals surface area (Å²) in [5.41, 5.74) is -2.38. The molecule has 0 amide bonds. The average molecular weight is 309 g/mol. The van der Waals surface area contributed by atoms with Crippen molar-refractivity contribution in [2.45, 2.75) is 51.1 Å². The Morgan fingerprint density at radius 3 is 1.85 bits per heavy atom. The Hall–Kier alpha value is -1.08. The van der Waals surface area contributed by atoms with Crippen molar-refractivity contribution in [2.75, 3.05) is 0 Å². The highest BCUT2D eigenvalue weighted by Crippen LogP contribution is 2.42. The van der Waals surface area contributed by atoms with Crippen LogP contribution in [0.2, 0.25) is 0 Å². The zero-order valence-electron chi connectivity index (χ0n) is 11.8. The highest BCUT2D eigenvalue weighted by Gasteiger charge is 2.39. The topological polar surface area (TPSA) is 57.2 Å². The summed E-state index contributed by atoms with van der Waals surface area (Å²) in [6, 6.07) is 1.14. The van der Waals surface area contributed by atoms with Gasteiger partial charge in [0.15, 0.2) is 0 Å². The largest absolute Gasteiger partial charge is 0.744 e. The lowest BCUT2D eigenvalue weighted by Crippen LogP contribution is -2.23. The molecule has 0 heterocycles. The van der Waals surface area contributed by atoms with Crippen LogP contribution in [0.15, 0.2) is 11.0 Å². The Bertz CT molecular complexity index is 638. The van der Waals surface area contributed by atoms with Crippen LogP contribution in [0.25, 0.3) is 0 Å². The van der Waals surface area contributed by atoms with E-state index in [4.69, 9.17) is 0 Å². The van der Waals surface area contributed by atoms with E-state index in [2.05, 4.69) is 0 Å². The van der Waals surface area contributed by atoms with Crippen molar-refractivity contribution >= 4 is 10.1 Å². The van der Waals surface area contributed by atoms with Gasteiger partial charge in [-0.15, -0.1) is 0 Å². The molecule has 0 aromatic heterocycles. The van der Waals surface area contributed by atoms with Gasteiger partial charge in [0.25, 0.3) is 0 Å². The number of hydrogen-bond acceptors (Lipinski definition) is 3. The van der Waals surface area contributed by atoms with Crippen molar-refractivity contribution in [3.05, 3.63) is 28.3 Å². The molecule has 20 heavy (non-hydrogen) atoms. The molecule has 0 unspecified atom stereocenters. The minimum atomic E-state index is -4.96. The lowest BCUT2D eigenvalue weighted by atomic mass is 9.81. The molecule has 0 N–H and O–H groups in total. The van der Waals surface area contributed by atoms with Crippen LogP contribution in [0.4, 0.5) is 13.2 Å². The Kier molecular flexibility index (Phi) is 4.02. The summed E-state index contributed by atoms with van der Waals surface area (Å²) < 4.78 is 73.3. The lowest BCUT2D eigenvalue weighted by molar-refractivity contribution is -0.139. The first-order valence-corrected chi connectivity index (χ1v) is 7.26. The molecule has 0 spiro atoms. The molecule has 114 valence electrons. The molecule has 1 aromatic rings. The third-order valence-corrected chi connectivity index (χ3v) is 4.17. The SMILES string of the molecule is Cc1cc(C(C)(C)C)c(C(F)(F)F)c(C)c1S(=O)(=O)[O-]. The summed E-state index contributed by atoms with van der Waals surface area (Å²) in [6.45, 7) is 7.15. The zero-order valence-corrected chi connectivity index (χ0v) is 12.7. The van der Waals surface area contributed by atoms with Crippen LogP contribution >= 0.6 is 0 Å². The minimum Gasteiger partial charge on any atom is -0.744 e. The molecule has 1 rings (SSSR count). The smallest absolute Gasteiger partial charge is 0.416 e. The van der Waals surface area contributed by atoms with E-state index >= 15 is 0 Å². The van der Waals surface area contributed by atoms with Crippen molar-refractivity contribution < 1.29 is 26.1 Å². The second kappa shape index (κ2) is 4.73. The van der Waals surface area contributed by atoms with E-state index in [1.807, 2.05) is 0 Å². The van der Waals surface area contributed by atoms with Gasteiger partial charge in [-0.2, -0.15) is 13.2 Å². The molecule has 3 nitrogen and oxygen atoms in total. The Labute approximate surface area is 116 Å². The van der Waals surface area contributed by atoms with E-state index in [-0.39, 0.29) is 11.1 Å². The normalized spacial score (nSPS) is 13.7. The first-order valence-electron chi connectivity index (χ1n) is 5.85. The molecule has 0 bridgehead atoms.